The number of anilines is 2. The zero-order valence-electron chi connectivity index (χ0n) is 11.8. The van der Waals surface area contributed by atoms with Gasteiger partial charge in [0.15, 0.2) is 0 Å². The van der Waals surface area contributed by atoms with Gasteiger partial charge in [0.1, 0.15) is 0 Å². The summed E-state index contributed by atoms with van der Waals surface area (Å²) >= 11 is 5.96. The van der Waals surface area contributed by atoms with Crippen molar-refractivity contribution in [3.8, 4) is 0 Å². The van der Waals surface area contributed by atoms with Crippen LogP contribution in [0.4, 0.5) is 11.4 Å². The second-order valence-corrected chi connectivity index (χ2v) is 8.43. The van der Waals surface area contributed by atoms with Crippen LogP contribution < -0.4 is 10.0 Å². The minimum atomic E-state index is -4.49. The van der Waals surface area contributed by atoms with Crippen molar-refractivity contribution in [2.24, 2.45) is 0 Å². The summed E-state index contributed by atoms with van der Waals surface area (Å²) in [5.41, 5.74) is 5.84. The third kappa shape index (κ3) is 3.58. The second-order valence-electron chi connectivity index (χ2n) is 4.63. The molecule has 0 aliphatic heterocycles. The smallest absolute Gasteiger partial charge is 0.294 e. The van der Waals surface area contributed by atoms with Crippen molar-refractivity contribution in [2.45, 2.75) is 9.79 Å². The van der Waals surface area contributed by atoms with E-state index in [1.165, 1.54) is 37.4 Å². The van der Waals surface area contributed by atoms with Gasteiger partial charge in [-0.2, -0.15) is 8.42 Å². The van der Waals surface area contributed by atoms with E-state index in [2.05, 4.69) is 0 Å². The highest BCUT2D eigenvalue weighted by molar-refractivity contribution is 7.92. The van der Waals surface area contributed by atoms with Crippen molar-refractivity contribution in [1.29, 1.82) is 0 Å². The van der Waals surface area contributed by atoms with Crippen LogP contribution in [0.5, 0.6) is 0 Å². The Labute approximate surface area is 139 Å². The van der Waals surface area contributed by atoms with Crippen LogP contribution in [0.15, 0.2) is 52.3 Å². The molecule has 23 heavy (non-hydrogen) atoms. The Morgan fingerprint density at radius 1 is 1.00 bits per heavy atom. The molecule has 0 radical (unpaired) electrons. The second kappa shape index (κ2) is 6.00. The van der Waals surface area contributed by atoms with Gasteiger partial charge in [0.2, 0.25) is 0 Å². The molecule has 0 aliphatic rings. The van der Waals surface area contributed by atoms with Crippen LogP contribution in [0.3, 0.4) is 0 Å². The van der Waals surface area contributed by atoms with Crippen LogP contribution in [-0.2, 0) is 20.1 Å². The summed E-state index contributed by atoms with van der Waals surface area (Å²) in [6.07, 6.45) is 0. The molecule has 7 nitrogen and oxygen atoms in total. The van der Waals surface area contributed by atoms with Gasteiger partial charge < -0.3 is 5.73 Å². The van der Waals surface area contributed by atoms with Gasteiger partial charge in [-0.1, -0.05) is 11.6 Å². The molecule has 0 fully saturated rings. The van der Waals surface area contributed by atoms with Crippen LogP contribution in [0.2, 0.25) is 5.02 Å². The van der Waals surface area contributed by atoms with Gasteiger partial charge in [0, 0.05) is 12.7 Å². The van der Waals surface area contributed by atoms with Gasteiger partial charge >= 0.3 is 0 Å². The van der Waals surface area contributed by atoms with Crippen LogP contribution >= 0.6 is 11.6 Å². The number of sulfonamides is 1. The Bertz CT molecular complexity index is 941. The molecule has 2 aromatic carbocycles. The minimum Gasteiger partial charge on any atom is -0.399 e. The summed E-state index contributed by atoms with van der Waals surface area (Å²) in [6, 6.07) is 8.74. The zero-order chi connectivity index (χ0) is 17.4. The summed E-state index contributed by atoms with van der Waals surface area (Å²) in [6.45, 7) is 0. The van der Waals surface area contributed by atoms with Gasteiger partial charge in [-0.05, 0) is 42.5 Å². The quantitative estimate of drug-likeness (QED) is 0.622. The summed E-state index contributed by atoms with van der Waals surface area (Å²) in [4.78, 5) is -0.501. The van der Waals surface area contributed by atoms with E-state index in [-0.39, 0.29) is 15.6 Å². The number of benzene rings is 2. The minimum absolute atomic E-state index is 0.0129. The maximum Gasteiger partial charge on any atom is 0.294 e. The maximum atomic E-state index is 12.6. The van der Waals surface area contributed by atoms with Gasteiger partial charge in [-0.15, -0.1) is 0 Å². The van der Waals surface area contributed by atoms with Gasteiger partial charge in [0.05, 0.1) is 20.5 Å². The Hall–Kier alpha value is -1.81. The van der Waals surface area contributed by atoms with E-state index < -0.39 is 25.0 Å². The van der Waals surface area contributed by atoms with E-state index >= 15 is 0 Å². The van der Waals surface area contributed by atoms with Crippen molar-refractivity contribution in [2.75, 3.05) is 17.1 Å². The molecule has 0 atom stereocenters. The lowest BCUT2D eigenvalue weighted by Crippen LogP contribution is -2.27. The van der Waals surface area contributed by atoms with Crippen LogP contribution in [0, 0.1) is 0 Å². The Balaban J connectivity index is 2.55. The molecule has 0 bridgehead atoms. The largest absolute Gasteiger partial charge is 0.399 e. The first kappa shape index (κ1) is 17.5. The molecule has 124 valence electrons. The number of nitrogens with zero attached hydrogens (tertiary/aromatic N) is 1. The normalized spacial score (nSPS) is 12.1. The average molecular weight is 377 g/mol. The number of nitrogens with two attached hydrogens (primary N) is 1. The number of nitrogen functional groups attached to an aromatic ring is 1. The molecule has 0 aliphatic carbocycles. The fourth-order valence-electron chi connectivity index (χ4n) is 1.82. The third-order valence-electron chi connectivity index (χ3n) is 3.09. The summed E-state index contributed by atoms with van der Waals surface area (Å²) in [7, 11) is -7.24. The number of rotatable bonds is 4. The first-order valence-corrected chi connectivity index (χ1v) is 9.41. The number of hydrogen-bond donors (Lipinski definition) is 2. The molecule has 0 unspecified atom stereocenters. The van der Waals surface area contributed by atoms with E-state index in [1.54, 1.807) is 0 Å². The molecule has 2 aromatic rings. The monoisotopic (exact) mass is 376 g/mol. The zero-order valence-corrected chi connectivity index (χ0v) is 14.2. The SMILES string of the molecule is CN(c1cc(S(=O)(=O)O)ccc1Cl)S(=O)(=O)c1ccc(N)cc1. The highest BCUT2D eigenvalue weighted by atomic mass is 35.5. The highest BCUT2D eigenvalue weighted by Gasteiger charge is 2.24. The van der Waals surface area contributed by atoms with Crippen molar-refractivity contribution in [3.05, 3.63) is 47.5 Å². The van der Waals surface area contributed by atoms with Gasteiger partial charge in [-0.25, -0.2) is 8.42 Å². The molecule has 3 N–H and O–H groups in total. The van der Waals surface area contributed by atoms with Crippen molar-refractivity contribution < 1.29 is 21.4 Å². The van der Waals surface area contributed by atoms with Gasteiger partial charge in [-0.3, -0.25) is 8.86 Å². The summed E-state index contributed by atoms with van der Waals surface area (Å²) < 4.78 is 57.5. The lowest BCUT2D eigenvalue weighted by Gasteiger charge is -2.21. The van der Waals surface area contributed by atoms with E-state index in [0.717, 1.165) is 16.4 Å². The average Bonchev–Trinajstić information content (AvgIpc) is 2.46. The fourth-order valence-corrected chi connectivity index (χ4v) is 3.82. The molecule has 10 heteroatoms. The molecule has 0 heterocycles. The summed E-state index contributed by atoms with van der Waals surface area (Å²) in [5.74, 6) is 0. The lowest BCUT2D eigenvalue weighted by molar-refractivity contribution is 0.483. The van der Waals surface area contributed by atoms with Crippen LogP contribution in [0.25, 0.3) is 0 Å². The third-order valence-corrected chi connectivity index (χ3v) is 6.05. The fraction of sp³-hybridized carbons (Fsp3) is 0.0769. The first-order valence-electron chi connectivity index (χ1n) is 6.15. The molecule has 0 saturated heterocycles. The predicted octanol–water partition coefficient (Wildman–Crippen LogP) is 1.99. The molecule has 0 saturated carbocycles. The topological polar surface area (TPSA) is 118 Å². The van der Waals surface area contributed by atoms with E-state index in [4.69, 9.17) is 21.9 Å². The van der Waals surface area contributed by atoms with E-state index in [1.807, 2.05) is 0 Å². The lowest BCUT2D eigenvalue weighted by atomic mass is 10.3. The maximum absolute atomic E-state index is 12.6. The molecule has 0 aromatic heterocycles. The molecule has 0 spiro atoms. The van der Waals surface area contributed by atoms with Crippen molar-refractivity contribution in [3.63, 3.8) is 0 Å². The van der Waals surface area contributed by atoms with Crippen molar-refractivity contribution in [1.82, 2.24) is 0 Å². The molecular weight excluding hydrogens is 364 g/mol. The molecule has 2 rings (SSSR count). The van der Waals surface area contributed by atoms with Crippen molar-refractivity contribution >= 4 is 43.1 Å². The first-order chi connectivity index (χ1) is 10.5. The summed E-state index contributed by atoms with van der Waals surface area (Å²) in [5, 5.41) is 0.0129. The standard InChI is InChI=1S/C13H13ClN2O5S2/c1-16(22(17,18)10-4-2-9(15)3-5-10)13-8-11(23(19,20)21)6-7-12(13)14/h2-8H,15H2,1H3,(H,19,20,21). The molecular formula is C13H13ClN2O5S2. The Morgan fingerprint density at radius 3 is 2.04 bits per heavy atom. The highest BCUT2D eigenvalue weighted by Crippen LogP contribution is 2.31. The van der Waals surface area contributed by atoms with E-state index in [0.29, 0.717) is 5.69 Å². The van der Waals surface area contributed by atoms with Gasteiger partial charge in [0.25, 0.3) is 20.1 Å². The predicted molar refractivity (Wildman–Crippen MR) is 87.7 cm³/mol. The number of hydrogen-bond acceptors (Lipinski definition) is 5. The van der Waals surface area contributed by atoms with E-state index in [9.17, 15) is 16.8 Å². The number of halogens is 1. The Morgan fingerprint density at radius 2 is 1.52 bits per heavy atom. The van der Waals surface area contributed by atoms with Crippen LogP contribution in [0.1, 0.15) is 0 Å². The Kier molecular flexibility index (Phi) is 4.58. The van der Waals surface area contributed by atoms with Crippen LogP contribution in [-0.4, -0.2) is 28.4 Å². The molecule has 0 amide bonds.